The second kappa shape index (κ2) is 11.0. The van der Waals surface area contributed by atoms with Gasteiger partial charge in [-0.3, -0.25) is 19.4 Å². The average molecular weight is 483 g/mol. The minimum atomic E-state index is -4.63. The summed E-state index contributed by atoms with van der Waals surface area (Å²) in [6.45, 7) is 4.35. The number of rotatable bonds is 7. The van der Waals surface area contributed by atoms with E-state index in [1.807, 2.05) is 41.0 Å². The molecular weight excluding hydrogens is 457 g/mol. The molecule has 0 bridgehead atoms. The van der Waals surface area contributed by atoms with Gasteiger partial charge in [0.25, 0.3) is 0 Å². The average Bonchev–Trinajstić information content (AvgIpc) is 2.76. The Bertz CT molecular complexity index is 992. The second-order valence-corrected chi connectivity index (χ2v) is 8.23. The Kier molecular flexibility index (Phi) is 8.34. The van der Waals surface area contributed by atoms with Crippen molar-refractivity contribution < 1.29 is 22.8 Å². The lowest BCUT2D eigenvalue weighted by Gasteiger charge is -2.33. The van der Waals surface area contributed by atoms with Gasteiger partial charge in [0.15, 0.2) is 0 Å². The van der Waals surface area contributed by atoms with Crippen molar-refractivity contribution in [2.75, 3.05) is 49.9 Å². The Hall–Kier alpha value is -2.62. The Morgan fingerprint density at radius 1 is 0.909 bits per heavy atom. The van der Waals surface area contributed by atoms with Gasteiger partial charge >= 0.3 is 6.18 Å². The van der Waals surface area contributed by atoms with E-state index in [0.29, 0.717) is 26.2 Å². The standard InChI is InChI=1S/C23H26ClF3N4O2/c1-2-16-6-3-4-9-19(16)28-20(32)14-30-10-12-31(13-11-30)15-21(33)29-22-17(23(25,26)27)7-5-8-18(22)24/h3-9H,2,10-15H2,1H3,(H,28,32)(H,29,33). The van der Waals surface area contributed by atoms with Crippen LogP contribution < -0.4 is 10.6 Å². The summed E-state index contributed by atoms with van der Waals surface area (Å²) >= 11 is 5.89. The molecule has 0 aromatic heterocycles. The van der Waals surface area contributed by atoms with Crippen LogP contribution in [0.1, 0.15) is 18.1 Å². The number of halogens is 4. The number of amides is 2. The highest BCUT2D eigenvalue weighted by molar-refractivity contribution is 6.34. The van der Waals surface area contributed by atoms with E-state index >= 15 is 0 Å². The zero-order chi connectivity index (χ0) is 24.0. The van der Waals surface area contributed by atoms with Gasteiger partial charge in [0.1, 0.15) is 0 Å². The van der Waals surface area contributed by atoms with Crippen molar-refractivity contribution in [2.45, 2.75) is 19.5 Å². The number of hydrogen-bond acceptors (Lipinski definition) is 4. The minimum Gasteiger partial charge on any atom is -0.325 e. The normalized spacial score (nSPS) is 15.3. The third-order valence-corrected chi connectivity index (χ3v) is 5.77. The first-order valence-electron chi connectivity index (χ1n) is 10.7. The largest absolute Gasteiger partial charge is 0.418 e. The van der Waals surface area contributed by atoms with Crippen LogP contribution in [0.25, 0.3) is 0 Å². The van der Waals surface area contributed by atoms with Crippen LogP contribution in [-0.2, 0) is 22.2 Å². The molecule has 0 aliphatic carbocycles. The van der Waals surface area contributed by atoms with Crippen molar-refractivity contribution >= 4 is 34.8 Å². The van der Waals surface area contributed by atoms with Crippen LogP contribution in [0, 0.1) is 0 Å². The second-order valence-electron chi connectivity index (χ2n) is 7.82. The number of hydrogen-bond donors (Lipinski definition) is 2. The maximum atomic E-state index is 13.2. The number of nitrogens with one attached hydrogen (secondary N) is 2. The quantitative estimate of drug-likeness (QED) is 0.623. The number of alkyl halides is 3. The molecule has 2 N–H and O–H groups in total. The van der Waals surface area contributed by atoms with Gasteiger partial charge in [-0.1, -0.05) is 42.8 Å². The van der Waals surface area contributed by atoms with Gasteiger partial charge in [0, 0.05) is 31.9 Å². The van der Waals surface area contributed by atoms with E-state index in [2.05, 4.69) is 10.6 Å². The van der Waals surface area contributed by atoms with Crippen molar-refractivity contribution in [1.29, 1.82) is 0 Å². The predicted octanol–water partition coefficient (Wildman–Crippen LogP) is 4.12. The maximum Gasteiger partial charge on any atom is 0.418 e. The van der Waals surface area contributed by atoms with Crippen molar-refractivity contribution in [1.82, 2.24) is 9.80 Å². The van der Waals surface area contributed by atoms with Crippen LogP contribution in [0.15, 0.2) is 42.5 Å². The lowest BCUT2D eigenvalue weighted by Crippen LogP contribution is -2.50. The molecule has 3 rings (SSSR count). The highest BCUT2D eigenvalue weighted by Crippen LogP contribution is 2.38. The lowest BCUT2D eigenvalue weighted by atomic mass is 10.1. The summed E-state index contributed by atoms with van der Waals surface area (Å²) in [6.07, 6.45) is -3.81. The molecule has 1 fully saturated rings. The smallest absolute Gasteiger partial charge is 0.325 e. The first-order chi connectivity index (χ1) is 15.7. The Morgan fingerprint density at radius 2 is 1.48 bits per heavy atom. The molecule has 2 amide bonds. The fraction of sp³-hybridized carbons (Fsp3) is 0.391. The molecule has 0 unspecified atom stereocenters. The SMILES string of the molecule is CCc1ccccc1NC(=O)CN1CCN(CC(=O)Nc2c(Cl)cccc2C(F)(F)F)CC1. The molecule has 0 radical (unpaired) electrons. The third-order valence-electron chi connectivity index (χ3n) is 5.46. The minimum absolute atomic E-state index is 0.0631. The van der Waals surface area contributed by atoms with Gasteiger partial charge in [-0.2, -0.15) is 13.2 Å². The fourth-order valence-electron chi connectivity index (χ4n) is 3.72. The van der Waals surface area contributed by atoms with Crippen LogP contribution in [-0.4, -0.2) is 60.9 Å². The number of benzene rings is 2. The first kappa shape index (κ1) is 25.0. The molecule has 0 atom stereocenters. The summed E-state index contributed by atoms with van der Waals surface area (Å²) in [5.74, 6) is -0.684. The summed E-state index contributed by atoms with van der Waals surface area (Å²) in [6, 6.07) is 11.0. The highest BCUT2D eigenvalue weighted by atomic mass is 35.5. The van der Waals surface area contributed by atoms with Crippen molar-refractivity contribution in [3.05, 3.63) is 58.6 Å². The number of nitrogens with zero attached hydrogens (tertiary/aromatic N) is 2. The summed E-state index contributed by atoms with van der Waals surface area (Å²) in [5, 5.41) is 5.08. The monoisotopic (exact) mass is 482 g/mol. The fourth-order valence-corrected chi connectivity index (χ4v) is 3.94. The van der Waals surface area contributed by atoms with Crippen molar-refractivity contribution in [3.63, 3.8) is 0 Å². The van der Waals surface area contributed by atoms with Crippen molar-refractivity contribution in [3.8, 4) is 0 Å². The van der Waals surface area contributed by atoms with E-state index in [4.69, 9.17) is 11.6 Å². The molecule has 0 saturated carbocycles. The van der Waals surface area contributed by atoms with Crippen molar-refractivity contribution in [2.24, 2.45) is 0 Å². The van der Waals surface area contributed by atoms with Crippen LogP contribution in [0.5, 0.6) is 0 Å². The van der Waals surface area contributed by atoms with Gasteiger partial charge in [0.05, 0.1) is 29.4 Å². The molecular formula is C23H26ClF3N4O2. The van der Waals surface area contributed by atoms with Gasteiger partial charge in [-0.15, -0.1) is 0 Å². The van der Waals surface area contributed by atoms with Gasteiger partial charge in [0.2, 0.25) is 11.8 Å². The summed E-state index contributed by atoms with van der Waals surface area (Å²) in [7, 11) is 0. The molecule has 0 spiro atoms. The third kappa shape index (κ3) is 6.93. The number of para-hydroxylation sites is 2. The summed E-state index contributed by atoms with van der Waals surface area (Å²) in [4.78, 5) is 28.6. The maximum absolute atomic E-state index is 13.2. The topological polar surface area (TPSA) is 64.7 Å². The number of carbonyl (C=O) groups excluding carboxylic acids is 2. The highest BCUT2D eigenvalue weighted by Gasteiger charge is 2.35. The van der Waals surface area contributed by atoms with E-state index in [9.17, 15) is 22.8 Å². The van der Waals surface area contributed by atoms with Gasteiger partial charge in [-0.25, -0.2) is 0 Å². The molecule has 10 heteroatoms. The Morgan fingerprint density at radius 3 is 2.06 bits per heavy atom. The van der Waals surface area contributed by atoms with E-state index in [1.165, 1.54) is 12.1 Å². The van der Waals surface area contributed by atoms with Gasteiger partial charge in [-0.05, 0) is 30.2 Å². The zero-order valence-electron chi connectivity index (χ0n) is 18.2. The molecule has 1 aliphatic rings. The van der Waals surface area contributed by atoms with E-state index in [1.54, 1.807) is 0 Å². The van der Waals surface area contributed by atoms with Crippen LogP contribution in [0.2, 0.25) is 5.02 Å². The number of carbonyl (C=O) groups is 2. The molecule has 1 saturated heterocycles. The van der Waals surface area contributed by atoms with E-state index < -0.39 is 23.3 Å². The van der Waals surface area contributed by atoms with Crippen LogP contribution in [0.4, 0.5) is 24.5 Å². The lowest BCUT2D eigenvalue weighted by molar-refractivity contribution is -0.137. The summed E-state index contributed by atoms with van der Waals surface area (Å²) in [5.41, 5.74) is 0.454. The molecule has 2 aromatic carbocycles. The molecule has 1 heterocycles. The molecule has 178 valence electrons. The van der Waals surface area contributed by atoms with Gasteiger partial charge < -0.3 is 10.6 Å². The van der Waals surface area contributed by atoms with E-state index in [-0.39, 0.29) is 24.0 Å². The zero-order valence-corrected chi connectivity index (χ0v) is 19.0. The molecule has 2 aromatic rings. The van der Waals surface area contributed by atoms with Crippen LogP contribution in [0.3, 0.4) is 0 Å². The molecule has 6 nitrogen and oxygen atoms in total. The number of aryl methyl sites for hydroxylation is 1. The predicted molar refractivity (Wildman–Crippen MR) is 122 cm³/mol. The number of piperazine rings is 1. The Balaban J connectivity index is 1.48. The van der Waals surface area contributed by atoms with Crippen LogP contribution >= 0.6 is 11.6 Å². The Labute approximate surface area is 195 Å². The molecule has 1 aliphatic heterocycles. The first-order valence-corrected chi connectivity index (χ1v) is 11.0. The number of anilines is 2. The molecule has 33 heavy (non-hydrogen) atoms. The summed E-state index contributed by atoms with van der Waals surface area (Å²) < 4.78 is 39.6. The van der Waals surface area contributed by atoms with E-state index in [0.717, 1.165) is 23.7 Å².